The van der Waals surface area contributed by atoms with Crippen molar-refractivity contribution in [2.45, 2.75) is 64.5 Å². The van der Waals surface area contributed by atoms with Crippen molar-refractivity contribution >= 4 is 16.9 Å². The predicted octanol–water partition coefficient (Wildman–Crippen LogP) is 4.60. The van der Waals surface area contributed by atoms with Crippen molar-refractivity contribution in [2.24, 2.45) is 0 Å². The first-order chi connectivity index (χ1) is 14.6. The van der Waals surface area contributed by atoms with Gasteiger partial charge in [-0.15, -0.1) is 0 Å². The summed E-state index contributed by atoms with van der Waals surface area (Å²) in [6.07, 6.45) is 8.38. The van der Waals surface area contributed by atoms with Gasteiger partial charge in [0.05, 0.1) is 17.6 Å². The van der Waals surface area contributed by atoms with Gasteiger partial charge < -0.3 is 9.88 Å². The number of carbonyl (C=O) groups is 1. The molecule has 5 nitrogen and oxygen atoms in total. The lowest BCUT2D eigenvalue weighted by molar-refractivity contribution is 0.0930. The molecule has 156 valence electrons. The maximum absolute atomic E-state index is 12.7. The highest BCUT2D eigenvalue weighted by atomic mass is 16.1. The lowest BCUT2D eigenvalue weighted by Gasteiger charge is -2.21. The summed E-state index contributed by atoms with van der Waals surface area (Å²) in [5.74, 6) is -0.00510. The van der Waals surface area contributed by atoms with E-state index in [0.29, 0.717) is 17.8 Å². The number of carbonyl (C=O) groups excluding carboxylic acids is 1. The molecule has 1 aliphatic carbocycles. The molecule has 1 fully saturated rings. The number of aromatic nitrogens is 2. The zero-order chi connectivity index (χ0) is 20.9. The number of hydrogen-bond acceptors (Lipinski definition) is 3. The van der Waals surface area contributed by atoms with Crippen LogP contribution in [0.25, 0.3) is 11.0 Å². The Hall–Kier alpha value is -2.95. The van der Waals surface area contributed by atoms with Crippen LogP contribution in [0.2, 0.25) is 0 Å². The first kappa shape index (κ1) is 20.3. The van der Waals surface area contributed by atoms with Gasteiger partial charge in [-0.2, -0.15) is 0 Å². The van der Waals surface area contributed by atoms with Crippen LogP contribution in [0, 0.1) is 6.92 Å². The van der Waals surface area contributed by atoms with Crippen molar-refractivity contribution in [1.29, 1.82) is 0 Å². The van der Waals surface area contributed by atoms with Crippen molar-refractivity contribution < 1.29 is 4.79 Å². The van der Waals surface area contributed by atoms with E-state index in [4.69, 9.17) is 0 Å². The Morgan fingerprint density at radius 2 is 1.67 bits per heavy atom. The molecule has 0 bridgehead atoms. The van der Waals surface area contributed by atoms with Gasteiger partial charge in [0.15, 0.2) is 0 Å². The average Bonchev–Trinajstić information content (AvgIpc) is 2.73. The van der Waals surface area contributed by atoms with E-state index < -0.39 is 0 Å². The molecular formula is C25H29N3O2. The van der Waals surface area contributed by atoms with E-state index in [0.717, 1.165) is 29.4 Å². The lowest BCUT2D eigenvalue weighted by Crippen LogP contribution is -2.35. The van der Waals surface area contributed by atoms with E-state index in [1.54, 1.807) is 11.5 Å². The summed E-state index contributed by atoms with van der Waals surface area (Å²) < 4.78 is 1.75. The van der Waals surface area contributed by atoms with E-state index in [-0.39, 0.29) is 17.5 Å². The number of hydrogen-bond donors (Lipinski definition) is 1. The fourth-order valence-corrected chi connectivity index (χ4v) is 4.29. The van der Waals surface area contributed by atoms with Crippen LogP contribution in [0.15, 0.2) is 53.3 Å². The van der Waals surface area contributed by atoms with Crippen LogP contribution in [0.1, 0.15) is 66.6 Å². The summed E-state index contributed by atoms with van der Waals surface area (Å²) in [7, 11) is 0. The number of fused-ring (bicyclic) bond motifs is 1. The Balaban J connectivity index is 1.49. The second-order valence-electron chi connectivity index (χ2n) is 8.29. The fourth-order valence-electron chi connectivity index (χ4n) is 4.29. The molecular weight excluding hydrogens is 374 g/mol. The molecule has 1 aliphatic rings. The molecule has 1 heterocycles. The van der Waals surface area contributed by atoms with Gasteiger partial charge in [-0.3, -0.25) is 9.59 Å². The van der Waals surface area contributed by atoms with Crippen LogP contribution in [-0.2, 0) is 6.54 Å². The van der Waals surface area contributed by atoms with E-state index in [1.165, 1.54) is 32.1 Å². The number of nitrogens with zero attached hydrogens (tertiary/aromatic N) is 2. The number of amides is 1. The number of aryl methyl sites for hydroxylation is 1. The number of rotatable bonds is 4. The first-order valence-electron chi connectivity index (χ1n) is 11.0. The lowest BCUT2D eigenvalue weighted by atomic mass is 9.96. The molecule has 0 atom stereocenters. The Labute approximate surface area is 177 Å². The van der Waals surface area contributed by atoms with E-state index in [2.05, 4.69) is 10.3 Å². The molecule has 1 amide bonds. The maximum atomic E-state index is 12.7. The Kier molecular flexibility index (Phi) is 6.26. The molecule has 0 saturated heterocycles. The molecule has 1 saturated carbocycles. The number of nitrogens with one attached hydrogen (secondary N) is 1. The van der Waals surface area contributed by atoms with Gasteiger partial charge in [-0.05, 0) is 49.6 Å². The Bertz CT molecular complexity index is 1080. The molecule has 1 aromatic heterocycles. The molecule has 0 radical (unpaired) electrons. The minimum atomic E-state index is -0.0835. The SMILES string of the molecule is Cc1nc2ccccc2n(Cc2ccc(C(=O)NC3CCCCCCC3)cc2)c1=O. The van der Waals surface area contributed by atoms with Gasteiger partial charge in [-0.25, -0.2) is 4.98 Å². The van der Waals surface area contributed by atoms with Crippen LogP contribution in [0.5, 0.6) is 0 Å². The van der Waals surface area contributed by atoms with Crippen molar-refractivity contribution in [2.75, 3.05) is 0 Å². The topological polar surface area (TPSA) is 64.0 Å². The summed E-state index contributed by atoms with van der Waals surface area (Å²) in [4.78, 5) is 29.7. The van der Waals surface area contributed by atoms with E-state index in [1.807, 2.05) is 48.5 Å². The molecule has 0 unspecified atom stereocenters. The first-order valence-corrected chi connectivity index (χ1v) is 11.0. The highest BCUT2D eigenvalue weighted by Gasteiger charge is 2.15. The molecule has 1 N–H and O–H groups in total. The highest BCUT2D eigenvalue weighted by Crippen LogP contribution is 2.18. The maximum Gasteiger partial charge on any atom is 0.272 e. The summed E-state index contributed by atoms with van der Waals surface area (Å²) in [5.41, 5.74) is 3.69. The Morgan fingerprint density at radius 3 is 2.40 bits per heavy atom. The van der Waals surface area contributed by atoms with Crippen LogP contribution in [-0.4, -0.2) is 21.5 Å². The van der Waals surface area contributed by atoms with Crippen LogP contribution in [0.4, 0.5) is 0 Å². The molecule has 0 spiro atoms. The van der Waals surface area contributed by atoms with Gasteiger partial charge in [0, 0.05) is 11.6 Å². The second kappa shape index (κ2) is 9.24. The quantitative estimate of drug-likeness (QED) is 0.693. The van der Waals surface area contributed by atoms with E-state index >= 15 is 0 Å². The van der Waals surface area contributed by atoms with Gasteiger partial charge in [0.25, 0.3) is 11.5 Å². The zero-order valence-corrected chi connectivity index (χ0v) is 17.6. The second-order valence-corrected chi connectivity index (χ2v) is 8.29. The standard InChI is InChI=1S/C25H29N3O2/c1-18-25(30)28(23-12-8-7-11-22(23)26-18)17-19-13-15-20(16-14-19)24(29)27-21-9-5-3-2-4-6-10-21/h7-8,11-16,21H,2-6,9-10,17H2,1H3,(H,27,29). The van der Waals surface area contributed by atoms with Gasteiger partial charge in [0.1, 0.15) is 5.69 Å². The van der Waals surface area contributed by atoms with Crippen molar-refractivity contribution in [3.63, 3.8) is 0 Å². The molecule has 2 aromatic carbocycles. The van der Waals surface area contributed by atoms with Crippen LogP contribution < -0.4 is 10.9 Å². The largest absolute Gasteiger partial charge is 0.349 e. The molecule has 30 heavy (non-hydrogen) atoms. The molecule has 3 aromatic rings. The average molecular weight is 404 g/mol. The van der Waals surface area contributed by atoms with Crippen molar-refractivity contribution in [3.8, 4) is 0 Å². The Morgan fingerprint density at radius 1 is 1.00 bits per heavy atom. The molecule has 5 heteroatoms. The summed E-state index contributed by atoms with van der Waals surface area (Å²) >= 11 is 0. The van der Waals surface area contributed by atoms with Crippen LogP contribution >= 0.6 is 0 Å². The van der Waals surface area contributed by atoms with Crippen molar-refractivity contribution in [1.82, 2.24) is 14.9 Å². The molecule has 0 aliphatic heterocycles. The smallest absolute Gasteiger partial charge is 0.272 e. The third-order valence-electron chi connectivity index (χ3n) is 6.01. The molecule has 4 rings (SSSR count). The summed E-state index contributed by atoms with van der Waals surface area (Å²) in [6.45, 7) is 2.20. The number of benzene rings is 2. The van der Waals surface area contributed by atoms with Gasteiger partial charge >= 0.3 is 0 Å². The van der Waals surface area contributed by atoms with E-state index in [9.17, 15) is 9.59 Å². The third-order valence-corrected chi connectivity index (χ3v) is 6.01. The van der Waals surface area contributed by atoms with Crippen molar-refractivity contribution in [3.05, 3.63) is 75.7 Å². The minimum Gasteiger partial charge on any atom is -0.349 e. The number of para-hydroxylation sites is 2. The monoisotopic (exact) mass is 403 g/mol. The van der Waals surface area contributed by atoms with Gasteiger partial charge in [0.2, 0.25) is 0 Å². The fraction of sp³-hybridized carbons (Fsp3) is 0.400. The minimum absolute atomic E-state index is 0.00510. The summed E-state index contributed by atoms with van der Waals surface area (Å²) in [6, 6.07) is 15.5. The third kappa shape index (κ3) is 4.61. The summed E-state index contributed by atoms with van der Waals surface area (Å²) in [5, 5.41) is 3.21. The highest BCUT2D eigenvalue weighted by molar-refractivity contribution is 5.94. The normalized spacial score (nSPS) is 15.5. The predicted molar refractivity (Wildman–Crippen MR) is 120 cm³/mol. The van der Waals surface area contributed by atoms with Crippen LogP contribution in [0.3, 0.4) is 0 Å². The zero-order valence-electron chi connectivity index (χ0n) is 17.6. The van der Waals surface area contributed by atoms with Gasteiger partial charge in [-0.1, -0.05) is 56.4 Å².